The summed E-state index contributed by atoms with van der Waals surface area (Å²) in [5, 5.41) is 7.73. The van der Waals surface area contributed by atoms with Gasteiger partial charge in [0.1, 0.15) is 12.1 Å². The lowest BCUT2D eigenvalue weighted by atomic mass is 10.3. The summed E-state index contributed by atoms with van der Waals surface area (Å²) in [5.41, 5.74) is 1.14. The fraction of sp³-hybridized carbons (Fsp3) is 0.643. The molecule has 2 fully saturated rings. The van der Waals surface area contributed by atoms with E-state index in [1.165, 1.54) is 12.8 Å². The molecule has 0 amide bonds. The highest BCUT2D eigenvalue weighted by molar-refractivity contribution is 5.46. The molecule has 1 N–H and O–H groups in total. The number of fused-ring (bicyclic) bond motifs is 1. The number of anilines is 1. The van der Waals surface area contributed by atoms with Gasteiger partial charge < -0.3 is 10.1 Å². The molecular weight excluding hydrogens is 268 g/mol. The molecule has 7 heteroatoms. The van der Waals surface area contributed by atoms with Gasteiger partial charge in [0.15, 0.2) is 0 Å². The molecule has 21 heavy (non-hydrogen) atoms. The Hall–Kier alpha value is -1.73. The normalized spacial score (nSPS) is 20.0. The number of rotatable bonds is 5. The van der Waals surface area contributed by atoms with Crippen LogP contribution in [0.1, 0.15) is 24.5 Å². The zero-order valence-corrected chi connectivity index (χ0v) is 12.0. The molecule has 0 spiro atoms. The van der Waals surface area contributed by atoms with Crippen molar-refractivity contribution in [1.82, 2.24) is 24.5 Å². The fourth-order valence-corrected chi connectivity index (χ4v) is 2.71. The van der Waals surface area contributed by atoms with Gasteiger partial charge in [-0.3, -0.25) is 4.90 Å². The highest BCUT2D eigenvalue weighted by Gasteiger charge is 2.26. The number of nitrogens with one attached hydrogen (secondary N) is 1. The van der Waals surface area contributed by atoms with Crippen molar-refractivity contribution in [3.05, 3.63) is 18.1 Å². The third-order valence-corrected chi connectivity index (χ3v) is 4.11. The largest absolute Gasteiger partial charge is 0.379 e. The number of aromatic nitrogens is 4. The summed E-state index contributed by atoms with van der Waals surface area (Å²) in [6.07, 6.45) is 4.04. The summed E-state index contributed by atoms with van der Waals surface area (Å²) >= 11 is 0. The first-order chi connectivity index (χ1) is 10.4. The lowest BCUT2D eigenvalue weighted by molar-refractivity contribution is 0.0398. The monoisotopic (exact) mass is 288 g/mol. The SMILES string of the molecule is c1nc2nc(C3CC3)cc(NCCN3CCOCC3)n2n1. The molecular formula is C14H20N6O. The first-order valence-corrected chi connectivity index (χ1v) is 7.65. The van der Waals surface area contributed by atoms with Crippen LogP contribution in [0.5, 0.6) is 0 Å². The highest BCUT2D eigenvalue weighted by Crippen LogP contribution is 2.39. The molecule has 0 bridgehead atoms. The number of ether oxygens (including phenoxy) is 1. The molecule has 2 aromatic heterocycles. The smallest absolute Gasteiger partial charge is 0.254 e. The molecule has 2 aromatic rings. The molecule has 1 aliphatic carbocycles. The second-order valence-corrected chi connectivity index (χ2v) is 5.69. The summed E-state index contributed by atoms with van der Waals surface area (Å²) in [4.78, 5) is 11.2. The Morgan fingerprint density at radius 2 is 2.14 bits per heavy atom. The van der Waals surface area contributed by atoms with Gasteiger partial charge in [-0.15, -0.1) is 0 Å². The molecule has 4 rings (SSSR count). The van der Waals surface area contributed by atoms with Crippen LogP contribution >= 0.6 is 0 Å². The van der Waals surface area contributed by atoms with E-state index in [9.17, 15) is 0 Å². The minimum Gasteiger partial charge on any atom is -0.379 e. The molecule has 0 unspecified atom stereocenters. The van der Waals surface area contributed by atoms with Crippen LogP contribution in [0.2, 0.25) is 0 Å². The zero-order valence-electron chi connectivity index (χ0n) is 12.0. The van der Waals surface area contributed by atoms with Gasteiger partial charge in [0, 0.05) is 38.2 Å². The third kappa shape index (κ3) is 2.84. The highest BCUT2D eigenvalue weighted by atomic mass is 16.5. The second-order valence-electron chi connectivity index (χ2n) is 5.69. The average molecular weight is 288 g/mol. The Morgan fingerprint density at radius 3 is 2.95 bits per heavy atom. The standard InChI is InChI=1S/C14H20N6O/c1-2-11(1)12-9-13(20-14(18-12)16-10-17-20)15-3-4-19-5-7-21-8-6-19/h9-11,15H,1-8H2. The van der Waals surface area contributed by atoms with Gasteiger partial charge >= 0.3 is 0 Å². The maximum absolute atomic E-state index is 5.37. The summed E-state index contributed by atoms with van der Waals surface area (Å²) in [5.74, 6) is 2.30. The van der Waals surface area contributed by atoms with E-state index in [1.54, 1.807) is 10.8 Å². The molecule has 112 valence electrons. The Morgan fingerprint density at radius 1 is 1.29 bits per heavy atom. The van der Waals surface area contributed by atoms with Gasteiger partial charge in [-0.25, -0.2) is 4.98 Å². The van der Waals surface area contributed by atoms with E-state index in [1.807, 2.05) is 0 Å². The maximum atomic E-state index is 5.37. The minimum atomic E-state index is 0.617. The van der Waals surface area contributed by atoms with Crippen molar-refractivity contribution in [2.24, 2.45) is 0 Å². The van der Waals surface area contributed by atoms with Crippen molar-refractivity contribution in [1.29, 1.82) is 0 Å². The summed E-state index contributed by atoms with van der Waals surface area (Å²) in [6, 6.07) is 2.12. The van der Waals surface area contributed by atoms with Crippen LogP contribution in [-0.4, -0.2) is 63.9 Å². The Balaban J connectivity index is 1.45. The fourth-order valence-electron chi connectivity index (χ4n) is 2.71. The molecule has 0 radical (unpaired) electrons. The molecule has 0 atom stereocenters. The molecule has 1 saturated carbocycles. The first-order valence-electron chi connectivity index (χ1n) is 7.65. The Labute approximate surface area is 123 Å². The van der Waals surface area contributed by atoms with E-state index >= 15 is 0 Å². The lowest BCUT2D eigenvalue weighted by Gasteiger charge is -2.26. The van der Waals surface area contributed by atoms with Crippen LogP contribution in [0.4, 0.5) is 5.82 Å². The van der Waals surface area contributed by atoms with Crippen molar-refractivity contribution < 1.29 is 4.74 Å². The molecule has 1 aliphatic heterocycles. The quantitative estimate of drug-likeness (QED) is 0.875. The second kappa shape index (κ2) is 5.57. The van der Waals surface area contributed by atoms with Crippen molar-refractivity contribution in [2.75, 3.05) is 44.7 Å². The van der Waals surface area contributed by atoms with E-state index in [-0.39, 0.29) is 0 Å². The number of hydrogen-bond acceptors (Lipinski definition) is 6. The third-order valence-electron chi connectivity index (χ3n) is 4.11. The minimum absolute atomic E-state index is 0.617. The summed E-state index contributed by atoms with van der Waals surface area (Å²) in [7, 11) is 0. The summed E-state index contributed by atoms with van der Waals surface area (Å²) < 4.78 is 7.15. The van der Waals surface area contributed by atoms with E-state index in [0.29, 0.717) is 11.7 Å². The van der Waals surface area contributed by atoms with Crippen LogP contribution in [0.25, 0.3) is 5.78 Å². The van der Waals surface area contributed by atoms with Gasteiger partial charge in [-0.05, 0) is 12.8 Å². The van der Waals surface area contributed by atoms with E-state index in [0.717, 1.165) is 50.9 Å². The first kappa shape index (κ1) is 13.0. The van der Waals surface area contributed by atoms with Crippen molar-refractivity contribution >= 4 is 11.6 Å². The van der Waals surface area contributed by atoms with Gasteiger partial charge in [-0.2, -0.15) is 14.6 Å². The molecule has 3 heterocycles. The number of hydrogen-bond donors (Lipinski definition) is 1. The molecule has 7 nitrogen and oxygen atoms in total. The van der Waals surface area contributed by atoms with E-state index in [2.05, 4.69) is 31.3 Å². The summed E-state index contributed by atoms with van der Waals surface area (Å²) in [6.45, 7) is 5.63. The Kier molecular flexibility index (Phi) is 3.44. The van der Waals surface area contributed by atoms with Gasteiger partial charge in [0.25, 0.3) is 5.78 Å². The van der Waals surface area contributed by atoms with Crippen LogP contribution in [0.15, 0.2) is 12.4 Å². The zero-order chi connectivity index (χ0) is 14.1. The molecule has 0 aromatic carbocycles. The maximum Gasteiger partial charge on any atom is 0.254 e. The van der Waals surface area contributed by atoms with Crippen LogP contribution in [0.3, 0.4) is 0 Å². The predicted octanol–water partition coefficient (Wildman–Crippen LogP) is 0.746. The van der Waals surface area contributed by atoms with Crippen molar-refractivity contribution in [3.8, 4) is 0 Å². The Bertz CT molecular complexity index is 617. The molecule has 2 aliphatic rings. The number of morpholine rings is 1. The van der Waals surface area contributed by atoms with Gasteiger partial charge in [0.05, 0.1) is 18.9 Å². The van der Waals surface area contributed by atoms with E-state index in [4.69, 9.17) is 4.74 Å². The predicted molar refractivity (Wildman–Crippen MR) is 78.5 cm³/mol. The topological polar surface area (TPSA) is 67.6 Å². The van der Waals surface area contributed by atoms with Crippen LogP contribution < -0.4 is 5.32 Å². The van der Waals surface area contributed by atoms with Gasteiger partial charge in [-0.1, -0.05) is 0 Å². The van der Waals surface area contributed by atoms with Crippen molar-refractivity contribution in [3.63, 3.8) is 0 Å². The lowest BCUT2D eigenvalue weighted by Crippen LogP contribution is -2.39. The molecule has 1 saturated heterocycles. The van der Waals surface area contributed by atoms with E-state index < -0.39 is 0 Å². The van der Waals surface area contributed by atoms with Gasteiger partial charge in [0.2, 0.25) is 0 Å². The van der Waals surface area contributed by atoms with Crippen LogP contribution in [0, 0.1) is 0 Å². The number of nitrogens with zero attached hydrogens (tertiary/aromatic N) is 5. The average Bonchev–Trinajstić information content (AvgIpc) is 3.26. The van der Waals surface area contributed by atoms with Crippen molar-refractivity contribution in [2.45, 2.75) is 18.8 Å². The van der Waals surface area contributed by atoms with Crippen LogP contribution in [-0.2, 0) is 4.74 Å².